The molecule has 0 aliphatic heterocycles. The Labute approximate surface area is 106 Å². The van der Waals surface area contributed by atoms with Crippen molar-refractivity contribution >= 4 is 11.9 Å². The lowest BCUT2D eigenvalue weighted by Crippen LogP contribution is -2.51. The van der Waals surface area contributed by atoms with Crippen LogP contribution in [0.1, 0.15) is 19.7 Å². The summed E-state index contributed by atoms with van der Waals surface area (Å²) in [4.78, 5) is 29.6. The van der Waals surface area contributed by atoms with Gasteiger partial charge in [-0.3, -0.25) is 4.79 Å². The molecule has 1 heterocycles. The Bertz CT molecular complexity index is 388. The first-order valence-corrected chi connectivity index (χ1v) is 5.82. The topological polar surface area (TPSA) is 113 Å². The van der Waals surface area contributed by atoms with E-state index in [0.717, 1.165) is 5.82 Å². The van der Waals surface area contributed by atoms with E-state index in [1.54, 1.807) is 12.4 Å². The smallest absolute Gasteiger partial charge is 0.312 e. The third-order valence-electron chi connectivity index (χ3n) is 2.46. The summed E-state index contributed by atoms with van der Waals surface area (Å²) in [5, 5.41) is 5.16. The fraction of sp³-hybridized carbons (Fsp3) is 0.545. The van der Waals surface area contributed by atoms with Crippen LogP contribution in [0.15, 0.2) is 12.4 Å². The Kier molecular flexibility index (Phi) is 5.16. The minimum absolute atomic E-state index is 0.0267. The molecule has 7 nitrogen and oxygen atoms in total. The molecule has 0 aromatic carbocycles. The maximum Gasteiger partial charge on any atom is 0.312 e. The number of H-pyrrole nitrogens is 1. The summed E-state index contributed by atoms with van der Waals surface area (Å²) in [5.41, 5.74) is 5.03. The number of nitrogens with two attached hydrogens (primary N) is 1. The number of carbonyl (C=O) groups is 2. The molecule has 1 aromatic heterocycles. The summed E-state index contributed by atoms with van der Waals surface area (Å²) in [6, 6.07) is -1.31. The standard InChI is InChI=1S/C11H19N5O2/c1-7(2)9(16-11(12)18)10(17)15-4-3-8-13-5-6-14-8/h5-7,9H,3-4H2,1-2H3,(H,13,14)(H,15,17)(H3,12,16,18). The van der Waals surface area contributed by atoms with Gasteiger partial charge >= 0.3 is 6.03 Å². The maximum atomic E-state index is 11.8. The van der Waals surface area contributed by atoms with Crippen molar-refractivity contribution in [3.63, 3.8) is 0 Å². The second kappa shape index (κ2) is 6.63. The number of carbonyl (C=O) groups excluding carboxylic acids is 2. The van der Waals surface area contributed by atoms with Gasteiger partial charge in [0, 0.05) is 25.4 Å². The number of aromatic amines is 1. The van der Waals surface area contributed by atoms with E-state index in [4.69, 9.17) is 5.73 Å². The number of amides is 3. The first kappa shape index (κ1) is 14.0. The number of urea groups is 1. The van der Waals surface area contributed by atoms with Crippen LogP contribution in [0.2, 0.25) is 0 Å². The van der Waals surface area contributed by atoms with Crippen LogP contribution in [0.4, 0.5) is 4.79 Å². The summed E-state index contributed by atoms with van der Waals surface area (Å²) in [7, 11) is 0. The van der Waals surface area contributed by atoms with E-state index < -0.39 is 12.1 Å². The fourth-order valence-corrected chi connectivity index (χ4v) is 1.54. The molecule has 0 saturated carbocycles. The fourth-order valence-electron chi connectivity index (χ4n) is 1.54. The molecule has 18 heavy (non-hydrogen) atoms. The summed E-state index contributed by atoms with van der Waals surface area (Å²) < 4.78 is 0. The number of hydrogen-bond donors (Lipinski definition) is 4. The molecular formula is C11H19N5O2. The van der Waals surface area contributed by atoms with Crippen molar-refractivity contribution < 1.29 is 9.59 Å². The summed E-state index contributed by atoms with van der Waals surface area (Å²) >= 11 is 0. The molecule has 5 N–H and O–H groups in total. The lowest BCUT2D eigenvalue weighted by atomic mass is 10.0. The molecule has 7 heteroatoms. The molecule has 1 aromatic rings. The highest BCUT2D eigenvalue weighted by Gasteiger charge is 2.22. The number of rotatable bonds is 6. The average molecular weight is 253 g/mol. The lowest BCUT2D eigenvalue weighted by molar-refractivity contribution is -0.123. The number of nitrogens with zero attached hydrogens (tertiary/aromatic N) is 1. The van der Waals surface area contributed by atoms with Crippen LogP contribution in [-0.2, 0) is 11.2 Å². The number of hydrogen-bond acceptors (Lipinski definition) is 3. The molecular weight excluding hydrogens is 234 g/mol. The summed E-state index contributed by atoms with van der Waals surface area (Å²) in [6.45, 7) is 4.13. The van der Waals surface area contributed by atoms with Crippen LogP contribution in [0.3, 0.4) is 0 Å². The van der Waals surface area contributed by atoms with Crippen molar-refractivity contribution in [1.82, 2.24) is 20.6 Å². The van der Waals surface area contributed by atoms with E-state index in [1.165, 1.54) is 0 Å². The molecule has 100 valence electrons. The van der Waals surface area contributed by atoms with Crippen molar-refractivity contribution in [2.45, 2.75) is 26.3 Å². The second-order valence-corrected chi connectivity index (χ2v) is 4.31. The molecule has 0 bridgehead atoms. The lowest BCUT2D eigenvalue weighted by Gasteiger charge is -2.20. The van der Waals surface area contributed by atoms with E-state index in [9.17, 15) is 9.59 Å². The van der Waals surface area contributed by atoms with Gasteiger partial charge in [0.05, 0.1) is 0 Å². The van der Waals surface area contributed by atoms with Crippen LogP contribution >= 0.6 is 0 Å². The molecule has 0 radical (unpaired) electrons. The minimum Gasteiger partial charge on any atom is -0.354 e. The Morgan fingerprint density at radius 2 is 2.22 bits per heavy atom. The van der Waals surface area contributed by atoms with Gasteiger partial charge < -0.3 is 21.4 Å². The first-order chi connectivity index (χ1) is 8.50. The van der Waals surface area contributed by atoms with E-state index in [-0.39, 0.29) is 11.8 Å². The monoisotopic (exact) mass is 253 g/mol. The van der Waals surface area contributed by atoms with Crippen molar-refractivity contribution in [2.24, 2.45) is 11.7 Å². The van der Waals surface area contributed by atoms with Crippen LogP contribution in [0, 0.1) is 5.92 Å². The maximum absolute atomic E-state index is 11.8. The highest BCUT2D eigenvalue weighted by molar-refractivity contribution is 5.86. The molecule has 0 saturated heterocycles. The van der Waals surface area contributed by atoms with Crippen LogP contribution in [0.5, 0.6) is 0 Å². The molecule has 0 aliphatic carbocycles. The normalized spacial score (nSPS) is 12.2. The Balaban J connectivity index is 2.39. The van der Waals surface area contributed by atoms with Crippen molar-refractivity contribution in [3.8, 4) is 0 Å². The quantitative estimate of drug-likeness (QED) is 0.561. The molecule has 0 spiro atoms. The van der Waals surface area contributed by atoms with Gasteiger partial charge in [-0.2, -0.15) is 0 Å². The largest absolute Gasteiger partial charge is 0.354 e. The Morgan fingerprint density at radius 1 is 1.50 bits per heavy atom. The molecule has 1 unspecified atom stereocenters. The van der Waals surface area contributed by atoms with Gasteiger partial charge in [0.1, 0.15) is 11.9 Å². The zero-order chi connectivity index (χ0) is 13.5. The van der Waals surface area contributed by atoms with Gasteiger partial charge in [-0.05, 0) is 5.92 Å². The molecule has 3 amide bonds. The van der Waals surface area contributed by atoms with Crippen molar-refractivity contribution in [3.05, 3.63) is 18.2 Å². The molecule has 0 fully saturated rings. The highest BCUT2D eigenvalue weighted by atomic mass is 16.2. The van der Waals surface area contributed by atoms with Gasteiger partial charge in [-0.1, -0.05) is 13.8 Å². The number of nitrogens with one attached hydrogen (secondary N) is 3. The average Bonchev–Trinajstić information content (AvgIpc) is 2.78. The SMILES string of the molecule is CC(C)C(NC(N)=O)C(=O)NCCc1ncc[nH]1. The number of aromatic nitrogens is 2. The van der Waals surface area contributed by atoms with E-state index in [0.29, 0.717) is 13.0 Å². The predicted molar refractivity (Wildman–Crippen MR) is 66.6 cm³/mol. The predicted octanol–water partition coefficient (Wildman–Crippen LogP) is -0.239. The van der Waals surface area contributed by atoms with Crippen LogP contribution < -0.4 is 16.4 Å². The van der Waals surface area contributed by atoms with E-state index >= 15 is 0 Å². The third kappa shape index (κ3) is 4.44. The van der Waals surface area contributed by atoms with Gasteiger partial charge in [0.25, 0.3) is 0 Å². The van der Waals surface area contributed by atoms with Gasteiger partial charge in [0.15, 0.2) is 0 Å². The van der Waals surface area contributed by atoms with Crippen LogP contribution in [-0.4, -0.2) is 34.5 Å². The van der Waals surface area contributed by atoms with Gasteiger partial charge in [-0.25, -0.2) is 9.78 Å². The number of imidazole rings is 1. The Morgan fingerprint density at radius 3 is 2.72 bits per heavy atom. The third-order valence-corrected chi connectivity index (χ3v) is 2.46. The van der Waals surface area contributed by atoms with E-state index in [1.807, 2.05) is 13.8 Å². The van der Waals surface area contributed by atoms with Gasteiger partial charge in [-0.15, -0.1) is 0 Å². The molecule has 0 aliphatic rings. The van der Waals surface area contributed by atoms with Crippen molar-refractivity contribution in [2.75, 3.05) is 6.54 Å². The van der Waals surface area contributed by atoms with E-state index in [2.05, 4.69) is 20.6 Å². The first-order valence-electron chi connectivity index (χ1n) is 5.82. The van der Waals surface area contributed by atoms with Crippen LogP contribution in [0.25, 0.3) is 0 Å². The highest BCUT2D eigenvalue weighted by Crippen LogP contribution is 2.01. The summed E-state index contributed by atoms with van der Waals surface area (Å²) in [6.07, 6.45) is 3.99. The zero-order valence-electron chi connectivity index (χ0n) is 10.6. The second-order valence-electron chi connectivity index (χ2n) is 4.31. The Hall–Kier alpha value is -2.05. The molecule has 1 atom stereocenters. The zero-order valence-corrected chi connectivity index (χ0v) is 10.6. The minimum atomic E-state index is -0.699. The number of primary amides is 1. The van der Waals surface area contributed by atoms with Gasteiger partial charge in [0.2, 0.25) is 5.91 Å². The van der Waals surface area contributed by atoms with Crippen molar-refractivity contribution in [1.29, 1.82) is 0 Å². The summed E-state index contributed by atoms with van der Waals surface area (Å²) in [5.74, 6) is 0.538. The molecule has 1 rings (SSSR count).